The molecule has 0 fully saturated rings. The molecular weight excluding hydrogens is 400 g/mol. The van der Waals surface area contributed by atoms with Crippen molar-refractivity contribution < 1.29 is 4.79 Å². The van der Waals surface area contributed by atoms with Gasteiger partial charge in [0.2, 0.25) is 0 Å². The number of aryl methyl sites for hydroxylation is 2. The SMILES string of the molecule is CCN(CC)c1ccc(NC(=O)C2=Cc3cc(-c4ccc(C)cc4)sc3CCC2)cc1. The normalized spacial score (nSPS) is 13.2. The largest absolute Gasteiger partial charge is 0.372 e. The molecule has 4 rings (SSSR count). The minimum absolute atomic E-state index is 0.00604. The van der Waals surface area contributed by atoms with E-state index < -0.39 is 0 Å². The maximum absolute atomic E-state index is 13.0. The smallest absolute Gasteiger partial charge is 0.251 e. The fraction of sp³-hybridized carbons (Fsp3) is 0.296. The summed E-state index contributed by atoms with van der Waals surface area (Å²) in [6.07, 6.45) is 4.93. The lowest BCUT2D eigenvalue weighted by Crippen LogP contribution is -2.21. The van der Waals surface area contributed by atoms with Crippen molar-refractivity contribution in [2.75, 3.05) is 23.3 Å². The van der Waals surface area contributed by atoms with Gasteiger partial charge in [-0.2, -0.15) is 0 Å². The Labute approximate surface area is 189 Å². The summed E-state index contributed by atoms with van der Waals surface area (Å²) in [5.41, 5.74) is 6.60. The average Bonchev–Trinajstić information content (AvgIpc) is 3.07. The Morgan fingerprint density at radius 2 is 1.71 bits per heavy atom. The maximum atomic E-state index is 13.0. The first-order chi connectivity index (χ1) is 15.1. The van der Waals surface area contributed by atoms with Crippen LogP contribution in [0.5, 0.6) is 0 Å². The number of anilines is 2. The molecule has 1 aliphatic rings. The van der Waals surface area contributed by atoms with Crippen LogP contribution in [0.25, 0.3) is 16.5 Å². The molecule has 0 bridgehead atoms. The van der Waals surface area contributed by atoms with E-state index in [9.17, 15) is 4.79 Å². The van der Waals surface area contributed by atoms with Gasteiger partial charge in [0.25, 0.3) is 5.91 Å². The molecule has 1 heterocycles. The van der Waals surface area contributed by atoms with Gasteiger partial charge in [-0.3, -0.25) is 4.79 Å². The monoisotopic (exact) mass is 430 g/mol. The minimum atomic E-state index is 0.00604. The van der Waals surface area contributed by atoms with Gasteiger partial charge in [0.15, 0.2) is 0 Å². The van der Waals surface area contributed by atoms with E-state index in [0.29, 0.717) is 0 Å². The number of carbonyl (C=O) groups is 1. The van der Waals surface area contributed by atoms with Crippen LogP contribution >= 0.6 is 11.3 Å². The molecule has 31 heavy (non-hydrogen) atoms. The first-order valence-electron chi connectivity index (χ1n) is 11.1. The standard InChI is InChI=1S/C27H30N2OS/c1-4-29(5-2)24-15-13-23(14-16-24)28-27(30)21-7-6-8-25-22(17-21)18-26(31-25)20-11-9-19(3)10-12-20/h9-18H,4-8H2,1-3H3,(H,28,30). The predicted octanol–water partition coefficient (Wildman–Crippen LogP) is 6.93. The highest BCUT2D eigenvalue weighted by Gasteiger charge is 2.18. The summed E-state index contributed by atoms with van der Waals surface area (Å²) in [6.45, 7) is 8.37. The van der Waals surface area contributed by atoms with Crippen LogP contribution in [-0.4, -0.2) is 19.0 Å². The van der Waals surface area contributed by atoms with Crippen LogP contribution in [0, 0.1) is 6.92 Å². The van der Waals surface area contributed by atoms with Gasteiger partial charge in [-0.1, -0.05) is 29.8 Å². The Balaban J connectivity index is 1.51. The number of fused-ring (bicyclic) bond motifs is 1. The summed E-state index contributed by atoms with van der Waals surface area (Å²) in [4.78, 5) is 17.9. The third-order valence-electron chi connectivity index (χ3n) is 5.90. The molecule has 2 aromatic carbocycles. The van der Waals surface area contributed by atoms with Gasteiger partial charge in [0.05, 0.1) is 0 Å². The first kappa shape index (κ1) is 21.4. The fourth-order valence-electron chi connectivity index (χ4n) is 4.05. The summed E-state index contributed by atoms with van der Waals surface area (Å²) >= 11 is 1.85. The van der Waals surface area contributed by atoms with E-state index in [1.165, 1.54) is 32.1 Å². The van der Waals surface area contributed by atoms with Crippen molar-refractivity contribution in [3.8, 4) is 10.4 Å². The molecule has 1 N–H and O–H groups in total. The van der Waals surface area contributed by atoms with Gasteiger partial charge in [-0.05, 0) is 87.6 Å². The summed E-state index contributed by atoms with van der Waals surface area (Å²) in [5, 5.41) is 3.09. The Morgan fingerprint density at radius 1 is 1.00 bits per heavy atom. The van der Waals surface area contributed by atoms with E-state index in [4.69, 9.17) is 0 Å². The highest BCUT2D eigenvalue weighted by atomic mass is 32.1. The summed E-state index contributed by atoms with van der Waals surface area (Å²) in [6, 6.07) is 19.1. The zero-order valence-electron chi connectivity index (χ0n) is 18.6. The van der Waals surface area contributed by atoms with Crippen molar-refractivity contribution in [2.24, 2.45) is 0 Å². The van der Waals surface area contributed by atoms with Crippen LogP contribution in [-0.2, 0) is 11.2 Å². The molecule has 0 saturated heterocycles. The molecular formula is C27H30N2OS. The zero-order chi connectivity index (χ0) is 21.8. The van der Waals surface area contributed by atoms with Gasteiger partial charge in [-0.15, -0.1) is 11.3 Å². The van der Waals surface area contributed by atoms with Crippen LogP contribution in [0.4, 0.5) is 11.4 Å². The molecule has 3 aromatic rings. The molecule has 0 unspecified atom stereocenters. The topological polar surface area (TPSA) is 32.3 Å². The first-order valence-corrected chi connectivity index (χ1v) is 12.0. The van der Waals surface area contributed by atoms with Gasteiger partial charge in [0.1, 0.15) is 0 Å². The van der Waals surface area contributed by atoms with Crippen molar-refractivity contribution in [1.29, 1.82) is 0 Å². The number of rotatable bonds is 6. The lowest BCUT2D eigenvalue weighted by atomic mass is 10.1. The van der Waals surface area contributed by atoms with E-state index in [1.807, 2.05) is 23.5 Å². The minimum Gasteiger partial charge on any atom is -0.372 e. The molecule has 3 nitrogen and oxygen atoms in total. The molecule has 0 atom stereocenters. The molecule has 1 aliphatic carbocycles. The number of nitrogens with zero attached hydrogens (tertiary/aromatic N) is 1. The van der Waals surface area contributed by atoms with Crippen LogP contribution in [0.15, 0.2) is 60.2 Å². The van der Waals surface area contributed by atoms with E-state index in [-0.39, 0.29) is 5.91 Å². The maximum Gasteiger partial charge on any atom is 0.251 e. The van der Waals surface area contributed by atoms with Gasteiger partial charge >= 0.3 is 0 Å². The second-order valence-corrected chi connectivity index (χ2v) is 9.19. The highest BCUT2D eigenvalue weighted by molar-refractivity contribution is 7.15. The predicted molar refractivity (Wildman–Crippen MR) is 134 cm³/mol. The summed E-state index contributed by atoms with van der Waals surface area (Å²) in [7, 11) is 0. The molecule has 160 valence electrons. The lowest BCUT2D eigenvalue weighted by Gasteiger charge is -2.21. The van der Waals surface area contributed by atoms with Crippen LogP contribution in [0.2, 0.25) is 0 Å². The van der Waals surface area contributed by atoms with Crippen molar-refractivity contribution in [2.45, 2.75) is 40.0 Å². The Morgan fingerprint density at radius 3 is 2.39 bits per heavy atom. The zero-order valence-corrected chi connectivity index (χ0v) is 19.4. The Hall–Kier alpha value is -2.85. The molecule has 0 spiro atoms. The number of hydrogen-bond donors (Lipinski definition) is 1. The van der Waals surface area contributed by atoms with E-state index in [0.717, 1.165) is 43.6 Å². The van der Waals surface area contributed by atoms with Gasteiger partial charge in [-0.25, -0.2) is 0 Å². The quantitative estimate of drug-likeness (QED) is 0.460. The molecule has 1 amide bonds. The summed E-state index contributed by atoms with van der Waals surface area (Å²) < 4.78 is 0. The second-order valence-electron chi connectivity index (χ2n) is 8.05. The molecule has 4 heteroatoms. The fourth-order valence-corrected chi connectivity index (χ4v) is 5.24. The van der Waals surface area contributed by atoms with Crippen LogP contribution in [0.1, 0.15) is 42.7 Å². The molecule has 0 saturated carbocycles. The third kappa shape index (κ3) is 4.91. The second kappa shape index (κ2) is 9.52. The van der Waals surface area contributed by atoms with Crippen LogP contribution < -0.4 is 10.2 Å². The van der Waals surface area contributed by atoms with Crippen molar-refractivity contribution in [1.82, 2.24) is 0 Å². The molecule has 0 radical (unpaired) electrons. The Bertz CT molecular complexity index is 1070. The van der Waals surface area contributed by atoms with Crippen molar-refractivity contribution in [3.05, 3.63) is 76.2 Å². The van der Waals surface area contributed by atoms with Gasteiger partial charge in [0, 0.05) is 39.8 Å². The van der Waals surface area contributed by atoms with E-state index in [1.54, 1.807) is 0 Å². The third-order valence-corrected chi connectivity index (χ3v) is 7.16. The number of benzene rings is 2. The highest BCUT2D eigenvalue weighted by Crippen LogP contribution is 2.36. The van der Waals surface area contributed by atoms with E-state index >= 15 is 0 Å². The molecule has 0 aliphatic heterocycles. The number of hydrogen-bond acceptors (Lipinski definition) is 3. The van der Waals surface area contributed by atoms with E-state index in [2.05, 4.69) is 79.5 Å². The van der Waals surface area contributed by atoms with Crippen molar-refractivity contribution in [3.63, 3.8) is 0 Å². The van der Waals surface area contributed by atoms with Crippen LogP contribution in [0.3, 0.4) is 0 Å². The number of nitrogens with one attached hydrogen (secondary N) is 1. The number of amides is 1. The Kier molecular flexibility index (Phi) is 6.57. The van der Waals surface area contributed by atoms with Crippen molar-refractivity contribution >= 4 is 34.7 Å². The van der Waals surface area contributed by atoms with Gasteiger partial charge < -0.3 is 10.2 Å². The molecule has 1 aromatic heterocycles. The number of carbonyl (C=O) groups excluding carboxylic acids is 1. The number of thiophene rings is 1. The lowest BCUT2D eigenvalue weighted by molar-refractivity contribution is -0.112. The average molecular weight is 431 g/mol. The summed E-state index contributed by atoms with van der Waals surface area (Å²) in [5.74, 6) is 0.00604.